The lowest BCUT2D eigenvalue weighted by Gasteiger charge is -2.39. The first-order valence-electron chi connectivity index (χ1n) is 10.5. The van der Waals surface area contributed by atoms with Crippen molar-refractivity contribution in [3.05, 3.63) is 11.9 Å². The van der Waals surface area contributed by atoms with E-state index >= 15 is 0 Å². The summed E-state index contributed by atoms with van der Waals surface area (Å²) in [7, 11) is 2.08. The number of piperazine rings is 1. The Kier molecular flexibility index (Phi) is 4.87. The third-order valence-electron chi connectivity index (χ3n) is 6.87. The minimum Gasteiger partial charge on any atom is -0.349 e. The number of aromatic nitrogens is 2. The number of fused-ring (bicyclic) bond motifs is 1. The van der Waals surface area contributed by atoms with Gasteiger partial charge in [-0.1, -0.05) is 11.8 Å². The van der Waals surface area contributed by atoms with Crippen molar-refractivity contribution in [1.29, 1.82) is 0 Å². The molecule has 1 unspecified atom stereocenters. The number of likely N-dealkylation sites (N-methyl/N-ethyl adjacent to an activating group) is 1. The summed E-state index contributed by atoms with van der Waals surface area (Å²) < 4.78 is 1.99. The highest BCUT2D eigenvalue weighted by Gasteiger charge is 2.48. The summed E-state index contributed by atoms with van der Waals surface area (Å²) in [6.45, 7) is 3.77. The second-order valence-electron chi connectivity index (χ2n) is 8.81. The van der Waals surface area contributed by atoms with Gasteiger partial charge in [0.15, 0.2) is 5.16 Å². The lowest BCUT2D eigenvalue weighted by atomic mass is 10.1. The fourth-order valence-electron chi connectivity index (χ4n) is 4.75. The van der Waals surface area contributed by atoms with Crippen LogP contribution in [0.5, 0.6) is 0 Å². The zero-order chi connectivity index (χ0) is 19.3. The van der Waals surface area contributed by atoms with Gasteiger partial charge < -0.3 is 14.8 Å². The summed E-state index contributed by atoms with van der Waals surface area (Å²) in [6, 6.07) is 0.162. The van der Waals surface area contributed by atoms with Crippen LogP contribution in [0.25, 0.3) is 0 Å². The number of hydrogen-bond donors (Lipinski definition) is 1. The summed E-state index contributed by atoms with van der Waals surface area (Å²) in [5, 5.41) is 4.00. The SMILES string of the molecule is CN1CCN(C(=O)C[C@@H]2C[C@H]2C2CC2)CC1CNC(=O)c1cnc2n1CCS2. The number of carbonyl (C=O) groups excluding carboxylic acids is 2. The van der Waals surface area contributed by atoms with E-state index < -0.39 is 0 Å². The maximum absolute atomic E-state index is 12.7. The zero-order valence-corrected chi connectivity index (χ0v) is 17.3. The van der Waals surface area contributed by atoms with Crippen LogP contribution < -0.4 is 5.32 Å². The number of nitrogens with one attached hydrogen (secondary N) is 1. The van der Waals surface area contributed by atoms with Crippen molar-refractivity contribution in [1.82, 2.24) is 24.7 Å². The summed E-state index contributed by atoms with van der Waals surface area (Å²) >= 11 is 1.69. The summed E-state index contributed by atoms with van der Waals surface area (Å²) in [5.41, 5.74) is 0.645. The van der Waals surface area contributed by atoms with Crippen LogP contribution in [0.15, 0.2) is 11.4 Å². The van der Waals surface area contributed by atoms with Crippen LogP contribution >= 0.6 is 11.8 Å². The third kappa shape index (κ3) is 3.68. The fraction of sp³-hybridized carbons (Fsp3) is 0.750. The predicted molar refractivity (Wildman–Crippen MR) is 107 cm³/mol. The average Bonchev–Trinajstić information content (AvgIpc) is 3.56. The number of amides is 2. The molecule has 0 spiro atoms. The van der Waals surface area contributed by atoms with Crippen molar-refractivity contribution in [2.24, 2.45) is 17.8 Å². The Hall–Kier alpha value is -1.54. The smallest absolute Gasteiger partial charge is 0.269 e. The van der Waals surface area contributed by atoms with Gasteiger partial charge in [0.1, 0.15) is 5.69 Å². The topological polar surface area (TPSA) is 70.5 Å². The molecule has 3 fully saturated rings. The second-order valence-corrected chi connectivity index (χ2v) is 9.87. The minimum absolute atomic E-state index is 0.0663. The molecule has 8 heteroatoms. The molecule has 152 valence electrons. The molecule has 4 aliphatic rings. The van der Waals surface area contributed by atoms with Gasteiger partial charge in [0, 0.05) is 50.9 Å². The average molecular weight is 404 g/mol. The van der Waals surface area contributed by atoms with E-state index in [1.807, 2.05) is 9.47 Å². The van der Waals surface area contributed by atoms with Crippen molar-refractivity contribution in [3.63, 3.8) is 0 Å². The molecule has 2 saturated carbocycles. The molecule has 7 nitrogen and oxygen atoms in total. The van der Waals surface area contributed by atoms with Crippen molar-refractivity contribution in [2.75, 3.05) is 39.0 Å². The standard InChI is InChI=1S/C20H29N5O2S/c1-23-4-5-24(18(26)9-14-8-16(14)13-2-3-13)12-15(23)10-21-19(27)17-11-22-20-25(17)6-7-28-20/h11,13-16H,2-10,12H2,1H3,(H,21,27)/t14-,15?,16-/m0/s1. The Balaban J connectivity index is 1.13. The van der Waals surface area contributed by atoms with E-state index in [1.54, 1.807) is 18.0 Å². The molecule has 0 radical (unpaired) electrons. The van der Waals surface area contributed by atoms with Gasteiger partial charge in [-0.25, -0.2) is 4.98 Å². The van der Waals surface area contributed by atoms with Crippen LogP contribution in [0.1, 0.15) is 36.2 Å². The molecule has 3 heterocycles. The fourth-order valence-corrected chi connectivity index (χ4v) is 5.68. The van der Waals surface area contributed by atoms with Crippen LogP contribution in [0.4, 0.5) is 0 Å². The van der Waals surface area contributed by atoms with Crippen molar-refractivity contribution in [2.45, 2.75) is 43.4 Å². The molecule has 1 aromatic rings. The van der Waals surface area contributed by atoms with Crippen LogP contribution in [0.2, 0.25) is 0 Å². The molecule has 0 aromatic carbocycles. The van der Waals surface area contributed by atoms with Gasteiger partial charge in [-0.3, -0.25) is 14.5 Å². The first-order valence-corrected chi connectivity index (χ1v) is 11.5. The Morgan fingerprint density at radius 2 is 2.14 bits per heavy atom. The highest BCUT2D eigenvalue weighted by atomic mass is 32.2. The largest absolute Gasteiger partial charge is 0.349 e. The summed E-state index contributed by atoms with van der Waals surface area (Å²) in [4.78, 5) is 34.0. The lowest BCUT2D eigenvalue weighted by molar-refractivity contribution is -0.134. The van der Waals surface area contributed by atoms with Crippen LogP contribution in [0.3, 0.4) is 0 Å². The zero-order valence-electron chi connectivity index (χ0n) is 16.5. The third-order valence-corrected chi connectivity index (χ3v) is 7.84. The number of thioether (sulfide) groups is 1. The number of nitrogens with zero attached hydrogens (tertiary/aromatic N) is 4. The number of hydrogen-bond acceptors (Lipinski definition) is 5. The van der Waals surface area contributed by atoms with Gasteiger partial charge in [0.2, 0.25) is 5.91 Å². The Bertz CT molecular complexity index is 777. The van der Waals surface area contributed by atoms with Crippen LogP contribution in [0, 0.1) is 17.8 Å². The van der Waals surface area contributed by atoms with Gasteiger partial charge >= 0.3 is 0 Å². The number of carbonyl (C=O) groups is 2. The Morgan fingerprint density at radius 1 is 1.29 bits per heavy atom. The van der Waals surface area contributed by atoms with Crippen molar-refractivity contribution >= 4 is 23.6 Å². The molecule has 2 aliphatic heterocycles. The maximum atomic E-state index is 12.7. The molecular formula is C20H29N5O2S. The summed E-state index contributed by atoms with van der Waals surface area (Å²) in [6.07, 6.45) is 6.42. The van der Waals surface area contributed by atoms with Gasteiger partial charge in [-0.2, -0.15) is 0 Å². The molecule has 2 amide bonds. The molecular weight excluding hydrogens is 374 g/mol. The van der Waals surface area contributed by atoms with E-state index in [4.69, 9.17) is 0 Å². The molecule has 1 aromatic heterocycles. The molecule has 5 rings (SSSR count). The number of rotatable bonds is 6. The number of imidazole rings is 1. The monoisotopic (exact) mass is 403 g/mol. The molecule has 28 heavy (non-hydrogen) atoms. The predicted octanol–water partition coefficient (Wildman–Crippen LogP) is 1.30. The van der Waals surface area contributed by atoms with E-state index in [0.29, 0.717) is 30.6 Å². The minimum atomic E-state index is -0.0663. The van der Waals surface area contributed by atoms with Gasteiger partial charge in [0.05, 0.1) is 6.20 Å². The van der Waals surface area contributed by atoms with Crippen molar-refractivity contribution < 1.29 is 9.59 Å². The normalized spacial score (nSPS) is 29.6. The molecule has 1 saturated heterocycles. The van der Waals surface area contributed by atoms with Gasteiger partial charge in [0.25, 0.3) is 5.91 Å². The van der Waals surface area contributed by atoms with E-state index in [0.717, 1.165) is 48.8 Å². The van der Waals surface area contributed by atoms with E-state index in [-0.39, 0.29) is 11.9 Å². The highest BCUT2D eigenvalue weighted by Crippen LogP contribution is 2.55. The van der Waals surface area contributed by atoms with E-state index in [2.05, 4.69) is 22.2 Å². The first-order chi connectivity index (χ1) is 13.6. The van der Waals surface area contributed by atoms with E-state index in [1.165, 1.54) is 19.3 Å². The van der Waals surface area contributed by atoms with Crippen LogP contribution in [-0.2, 0) is 11.3 Å². The maximum Gasteiger partial charge on any atom is 0.269 e. The molecule has 0 bridgehead atoms. The van der Waals surface area contributed by atoms with Crippen LogP contribution in [-0.4, -0.2) is 76.2 Å². The summed E-state index contributed by atoms with van der Waals surface area (Å²) in [5.74, 6) is 3.62. The van der Waals surface area contributed by atoms with Gasteiger partial charge in [-0.05, 0) is 44.1 Å². The molecule has 2 aliphatic carbocycles. The first kappa shape index (κ1) is 18.5. The molecule has 1 N–H and O–H groups in total. The Labute approximate surface area is 170 Å². The highest BCUT2D eigenvalue weighted by molar-refractivity contribution is 7.99. The van der Waals surface area contributed by atoms with E-state index in [9.17, 15) is 9.59 Å². The molecule has 3 atom stereocenters. The lowest BCUT2D eigenvalue weighted by Crippen LogP contribution is -2.56. The Morgan fingerprint density at radius 3 is 2.96 bits per heavy atom. The van der Waals surface area contributed by atoms with Gasteiger partial charge in [-0.15, -0.1) is 0 Å². The second kappa shape index (κ2) is 7.37. The quantitative estimate of drug-likeness (QED) is 0.775. The van der Waals surface area contributed by atoms with Crippen molar-refractivity contribution in [3.8, 4) is 0 Å².